The molecule has 0 fully saturated rings. The van der Waals surface area contributed by atoms with Gasteiger partial charge in [0.25, 0.3) is 0 Å². The van der Waals surface area contributed by atoms with Gasteiger partial charge in [-0.05, 0) is 43.3 Å². The van der Waals surface area contributed by atoms with Crippen molar-refractivity contribution in [2.75, 3.05) is 14.2 Å². The topological polar surface area (TPSA) is 98.1 Å². The quantitative estimate of drug-likeness (QED) is 0.585. The van der Waals surface area contributed by atoms with E-state index in [0.29, 0.717) is 22.3 Å². The van der Waals surface area contributed by atoms with Crippen molar-refractivity contribution in [1.29, 1.82) is 0 Å². The molecule has 2 N–H and O–H groups in total. The van der Waals surface area contributed by atoms with Crippen LogP contribution in [0.25, 0.3) is 17.1 Å². The number of benzene rings is 2. The summed E-state index contributed by atoms with van der Waals surface area (Å²) in [7, 11) is 2.98. The molecule has 3 aromatic rings. The van der Waals surface area contributed by atoms with E-state index in [2.05, 4.69) is 20.8 Å². The number of amides is 3. The molecule has 0 aliphatic carbocycles. The largest absolute Gasteiger partial charge is 0.497 e. The van der Waals surface area contributed by atoms with Gasteiger partial charge in [-0.1, -0.05) is 23.9 Å². The summed E-state index contributed by atoms with van der Waals surface area (Å²) in [6.45, 7) is 1.62. The number of imide groups is 1. The molecular formula is C20H20FN5O3S. The molecule has 10 heteroatoms. The fraction of sp³-hybridized carbons (Fsp3) is 0.200. The number of para-hydroxylation sites is 1. The normalized spacial score (nSPS) is 11.6. The molecule has 0 spiro atoms. The van der Waals surface area contributed by atoms with Gasteiger partial charge in [-0.3, -0.25) is 14.7 Å². The third-order valence-corrected chi connectivity index (χ3v) is 5.23. The lowest BCUT2D eigenvalue weighted by molar-refractivity contribution is -0.119. The van der Waals surface area contributed by atoms with Crippen molar-refractivity contribution in [3.8, 4) is 22.8 Å². The number of halogens is 1. The van der Waals surface area contributed by atoms with Crippen molar-refractivity contribution in [3.05, 3.63) is 54.3 Å². The summed E-state index contributed by atoms with van der Waals surface area (Å²) in [5, 5.41) is 12.6. The van der Waals surface area contributed by atoms with Crippen LogP contribution >= 0.6 is 11.8 Å². The zero-order valence-corrected chi connectivity index (χ0v) is 17.4. The third kappa shape index (κ3) is 4.60. The molecule has 0 unspecified atom stereocenters. The van der Waals surface area contributed by atoms with Crippen molar-refractivity contribution in [3.63, 3.8) is 0 Å². The highest BCUT2D eigenvalue weighted by atomic mass is 32.2. The molecule has 0 aliphatic heterocycles. The number of rotatable bonds is 6. The van der Waals surface area contributed by atoms with E-state index in [1.54, 1.807) is 61.1 Å². The second-order valence-electron chi connectivity index (χ2n) is 6.15. The van der Waals surface area contributed by atoms with Gasteiger partial charge < -0.3 is 10.1 Å². The maximum absolute atomic E-state index is 14.6. The lowest BCUT2D eigenvalue weighted by atomic mass is 10.2. The summed E-state index contributed by atoms with van der Waals surface area (Å²) in [6.07, 6.45) is 0. The monoisotopic (exact) mass is 429 g/mol. The number of hydrogen-bond acceptors (Lipinski definition) is 6. The van der Waals surface area contributed by atoms with Crippen LogP contribution < -0.4 is 15.4 Å². The number of thioether (sulfide) groups is 1. The first-order valence-corrected chi connectivity index (χ1v) is 9.86. The summed E-state index contributed by atoms with van der Waals surface area (Å²) < 4.78 is 21.4. The fourth-order valence-corrected chi connectivity index (χ4v) is 3.47. The molecule has 0 aliphatic rings. The van der Waals surface area contributed by atoms with E-state index < -0.39 is 23.0 Å². The zero-order valence-electron chi connectivity index (χ0n) is 16.5. The lowest BCUT2D eigenvalue weighted by Gasteiger charge is -2.14. The molecule has 156 valence electrons. The Labute approximate surface area is 176 Å². The molecule has 3 amide bonds. The van der Waals surface area contributed by atoms with Gasteiger partial charge in [-0.25, -0.2) is 9.18 Å². The van der Waals surface area contributed by atoms with Crippen LogP contribution in [-0.2, 0) is 4.79 Å². The highest BCUT2D eigenvalue weighted by Crippen LogP contribution is 2.31. The van der Waals surface area contributed by atoms with Crippen molar-refractivity contribution in [1.82, 2.24) is 25.4 Å². The van der Waals surface area contributed by atoms with Crippen LogP contribution in [0.5, 0.6) is 5.75 Å². The van der Waals surface area contributed by atoms with E-state index >= 15 is 0 Å². The number of urea groups is 1. The summed E-state index contributed by atoms with van der Waals surface area (Å²) in [5.41, 5.74) is 0.940. The van der Waals surface area contributed by atoms with Gasteiger partial charge >= 0.3 is 6.03 Å². The van der Waals surface area contributed by atoms with Crippen molar-refractivity contribution in [2.24, 2.45) is 0 Å². The summed E-state index contributed by atoms with van der Waals surface area (Å²) in [5.74, 6) is 0.110. The van der Waals surface area contributed by atoms with Crippen LogP contribution in [0, 0.1) is 5.82 Å². The number of hydrogen-bond donors (Lipinski definition) is 2. The van der Waals surface area contributed by atoms with Crippen LogP contribution in [0.1, 0.15) is 6.92 Å². The maximum atomic E-state index is 14.6. The number of carbonyl (C=O) groups excluding carboxylic acids is 2. The summed E-state index contributed by atoms with van der Waals surface area (Å²) in [4.78, 5) is 23.6. The predicted octanol–water partition coefficient (Wildman–Crippen LogP) is 3.02. The molecule has 30 heavy (non-hydrogen) atoms. The van der Waals surface area contributed by atoms with E-state index in [9.17, 15) is 14.0 Å². The Morgan fingerprint density at radius 2 is 1.83 bits per heavy atom. The maximum Gasteiger partial charge on any atom is 0.321 e. The van der Waals surface area contributed by atoms with Crippen molar-refractivity contribution >= 4 is 23.7 Å². The number of methoxy groups -OCH3 is 1. The molecule has 0 saturated carbocycles. The standard InChI is InChI=1S/C20H20FN5O3S/c1-12(18(27)23-19(28)22-2)30-20-25-24-17(13-8-10-14(29-3)11-9-13)26(20)16-7-5-4-6-15(16)21/h4-12H,1-3H3,(H2,22,23,27,28)/t12-/m1/s1. The first kappa shape index (κ1) is 21.3. The first-order chi connectivity index (χ1) is 14.4. The van der Waals surface area contributed by atoms with Crippen LogP contribution in [0.4, 0.5) is 9.18 Å². The SMILES string of the molecule is CNC(=O)NC(=O)[C@@H](C)Sc1nnc(-c2ccc(OC)cc2)n1-c1ccccc1F. The van der Waals surface area contributed by atoms with Crippen LogP contribution in [0.2, 0.25) is 0 Å². The average Bonchev–Trinajstić information content (AvgIpc) is 3.17. The highest BCUT2D eigenvalue weighted by molar-refractivity contribution is 8.00. The second-order valence-corrected chi connectivity index (χ2v) is 7.46. The molecule has 1 atom stereocenters. The molecular weight excluding hydrogens is 409 g/mol. The smallest absolute Gasteiger partial charge is 0.321 e. The second kappa shape index (κ2) is 9.40. The van der Waals surface area contributed by atoms with Gasteiger partial charge in [-0.15, -0.1) is 10.2 Å². The Balaban J connectivity index is 2.01. The van der Waals surface area contributed by atoms with Crippen LogP contribution in [0.15, 0.2) is 53.7 Å². The number of ether oxygens (including phenoxy) is 1. The predicted molar refractivity (Wildman–Crippen MR) is 111 cm³/mol. The minimum atomic E-state index is -0.680. The van der Waals surface area contributed by atoms with E-state index in [-0.39, 0.29) is 5.69 Å². The Morgan fingerprint density at radius 3 is 2.47 bits per heavy atom. The molecule has 0 saturated heterocycles. The number of aromatic nitrogens is 3. The first-order valence-electron chi connectivity index (χ1n) is 8.98. The number of nitrogens with zero attached hydrogens (tertiary/aromatic N) is 3. The molecule has 2 aromatic carbocycles. The van der Waals surface area contributed by atoms with Crippen molar-refractivity contribution in [2.45, 2.75) is 17.3 Å². The van der Waals surface area contributed by atoms with Gasteiger partial charge in [0.2, 0.25) is 5.91 Å². The van der Waals surface area contributed by atoms with E-state index in [1.165, 1.54) is 13.1 Å². The highest BCUT2D eigenvalue weighted by Gasteiger charge is 2.24. The third-order valence-electron chi connectivity index (χ3n) is 4.19. The lowest BCUT2D eigenvalue weighted by Crippen LogP contribution is -2.41. The van der Waals surface area contributed by atoms with E-state index in [0.717, 1.165) is 11.8 Å². The van der Waals surface area contributed by atoms with Gasteiger partial charge in [-0.2, -0.15) is 0 Å². The zero-order chi connectivity index (χ0) is 21.7. The fourth-order valence-electron chi connectivity index (χ4n) is 2.61. The molecule has 1 aromatic heterocycles. The van der Waals surface area contributed by atoms with Gasteiger partial charge in [0.05, 0.1) is 18.0 Å². The van der Waals surface area contributed by atoms with E-state index in [1.807, 2.05) is 0 Å². The van der Waals surface area contributed by atoms with Crippen LogP contribution in [-0.4, -0.2) is 46.1 Å². The van der Waals surface area contributed by atoms with Gasteiger partial charge in [0, 0.05) is 12.6 Å². The average molecular weight is 429 g/mol. The molecule has 8 nitrogen and oxygen atoms in total. The Bertz CT molecular complexity index is 1050. The van der Waals surface area contributed by atoms with Crippen LogP contribution in [0.3, 0.4) is 0 Å². The number of carbonyl (C=O) groups is 2. The van der Waals surface area contributed by atoms with Gasteiger partial charge in [0.1, 0.15) is 11.6 Å². The van der Waals surface area contributed by atoms with Gasteiger partial charge in [0.15, 0.2) is 11.0 Å². The Hall–Kier alpha value is -3.40. The molecule has 0 radical (unpaired) electrons. The van der Waals surface area contributed by atoms with Crippen molar-refractivity contribution < 1.29 is 18.7 Å². The Morgan fingerprint density at radius 1 is 1.13 bits per heavy atom. The minimum absolute atomic E-state index is 0.245. The summed E-state index contributed by atoms with van der Waals surface area (Å²) >= 11 is 1.06. The minimum Gasteiger partial charge on any atom is -0.497 e. The number of nitrogens with one attached hydrogen (secondary N) is 2. The van der Waals surface area contributed by atoms with E-state index in [4.69, 9.17) is 4.74 Å². The summed E-state index contributed by atoms with van der Waals surface area (Å²) in [6, 6.07) is 12.7. The molecule has 3 rings (SSSR count). The molecule has 1 heterocycles. The molecule has 0 bridgehead atoms. The Kier molecular flexibility index (Phi) is 6.68.